The first kappa shape index (κ1) is 22.0. The summed E-state index contributed by atoms with van der Waals surface area (Å²) >= 11 is 0. The average molecular weight is 461 g/mol. The van der Waals surface area contributed by atoms with Crippen LogP contribution in [0.15, 0.2) is 23.2 Å². The van der Waals surface area contributed by atoms with Crippen LogP contribution in [-0.2, 0) is 11.3 Å². The fourth-order valence-electron chi connectivity index (χ4n) is 2.36. The van der Waals surface area contributed by atoms with Gasteiger partial charge in [-0.3, -0.25) is 0 Å². The van der Waals surface area contributed by atoms with Gasteiger partial charge in [0.15, 0.2) is 5.96 Å². The minimum atomic E-state index is 0. The second-order valence-corrected chi connectivity index (χ2v) is 6.18. The van der Waals surface area contributed by atoms with E-state index in [1.807, 2.05) is 6.92 Å². The van der Waals surface area contributed by atoms with E-state index in [2.05, 4.69) is 47.7 Å². The van der Waals surface area contributed by atoms with Gasteiger partial charge in [-0.25, -0.2) is 4.99 Å². The molecule has 2 N–H and O–H groups in total. The number of nitrogens with one attached hydrogen (secondary N) is 2. The monoisotopic (exact) mass is 461 g/mol. The zero-order valence-electron chi connectivity index (χ0n) is 15.6. The van der Waals surface area contributed by atoms with Gasteiger partial charge in [0.25, 0.3) is 0 Å². The SMILES string of the molecule is CCNC(=NCc1ccc(C)cc1OCC)NCCOCC1CC1.I. The van der Waals surface area contributed by atoms with E-state index in [0.29, 0.717) is 13.2 Å². The first-order valence-corrected chi connectivity index (χ1v) is 9.05. The number of ether oxygens (including phenoxy) is 2. The van der Waals surface area contributed by atoms with E-state index < -0.39 is 0 Å². The molecule has 142 valence electrons. The van der Waals surface area contributed by atoms with E-state index >= 15 is 0 Å². The summed E-state index contributed by atoms with van der Waals surface area (Å²) in [6.45, 7) is 10.6. The van der Waals surface area contributed by atoms with Crippen molar-refractivity contribution in [3.8, 4) is 5.75 Å². The second kappa shape index (κ2) is 12.4. The summed E-state index contributed by atoms with van der Waals surface area (Å²) in [5.74, 6) is 2.55. The third-order valence-corrected chi connectivity index (χ3v) is 3.86. The smallest absolute Gasteiger partial charge is 0.191 e. The van der Waals surface area contributed by atoms with Crippen LogP contribution in [0.4, 0.5) is 0 Å². The lowest BCUT2D eigenvalue weighted by molar-refractivity contribution is 0.129. The quantitative estimate of drug-likeness (QED) is 0.243. The maximum atomic E-state index is 5.72. The third-order valence-electron chi connectivity index (χ3n) is 3.86. The van der Waals surface area contributed by atoms with Crippen LogP contribution in [0.3, 0.4) is 0 Å². The number of halogens is 1. The molecule has 1 fully saturated rings. The Labute approximate surface area is 169 Å². The van der Waals surface area contributed by atoms with Crippen molar-refractivity contribution >= 4 is 29.9 Å². The van der Waals surface area contributed by atoms with Crippen molar-refractivity contribution in [1.29, 1.82) is 0 Å². The number of benzene rings is 1. The summed E-state index contributed by atoms with van der Waals surface area (Å²) < 4.78 is 11.4. The molecule has 0 saturated heterocycles. The van der Waals surface area contributed by atoms with E-state index in [-0.39, 0.29) is 24.0 Å². The Morgan fingerprint density at radius 2 is 2.04 bits per heavy atom. The van der Waals surface area contributed by atoms with Gasteiger partial charge in [0.05, 0.1) is 19.8 Å². The highest BCUT2D eigenvalue weighted by Gasteiger charge is 2.20. The second-order valence-electron chi connectivity index (χ2n) is 6.18. The van der Waals surface area contributed by atoms with Crippen LogP contribution in [0.1, 0.15) is 37.8 Å². The van der Waals surface area contributed by atoms with E-state index in [0.717, 1.165) is 49.5 Å². The third kappa shape index (κ3) is 8.76. The van der Waals surface area contributed by atoms with Crippen molar-refractivity contribution in [3.63, 3.8) is 0 Å². The molecule has 0 aromatic heterocycles. The Morgan fingerprint density at radius 1 is 1.24 bits per heavy atom. The molecule has 5 nitrogen and oxygen atoms in total. The van der Waals surface area contributed by atoms with Crippen LogP contribution in [0.2, 0.25) is 0 Å². The van der Waals surface area contributed by atoms with Crippen LogP contribution in [0.5, 0.6) is 5.75 Å². The van der Waals surface area contributed by atoms with Crippen LogP contribution < -0.4 is 15.4 Å². The van der Waals surface area contributed by atoms with Crippen LogP contribution in [-0.4, -0.2) is 38.9 Å². The van der Waals surface area contributed by atoms with Gasteiger partial charge in [0.2, 0.25) is 0 Å². The van der Waals surface area contributed by atoms with Crippen molar-refractivity contribution < 1.29 is 9.47 Å². The van der Waals surface area contributed by atoms with Gasteiger partial charge < -0.3 is 20.1 Å². The van der Waals surface area contributed by atoms with Crippen molar-refractivity contribution in [2.24, 2.45) is 10.9 Å². The van der Waals surface area contributed by atoms with Crippen LogP contribution >= 0.6 is 24.0 Å². The molecule has 0 amide bonds. The number of rotatable bonds is 10. The van der Waals surface area contributed by atoms with Crippen LogP contribution in [0.25, 0.3) is 0 Å². The molecule has 1 aliphatic carbocycles. The van der Waals surface area contributed by atoms with Gasteiger partial charge in [0, 0.05) is 25.3 Å². The topological polar surface area (TPSA) is 54.9 Å². The first-order chi connectivity index (χ1) is 11.7. The summed E-state index contributed by atoms with van der Waals surface area (Å²) in [7, 11) is 0. The maximum Gasteiger partial charge on any atom is 0.191 e. The molecule has 6 heteroatoms. The van der Waals surface area contributed by atoms with Crippen LogP contribution in [0, 0.1) is 12.8 Å². The molecular formula is C19H32IN3O2. The number of guanidine groups is 1. The number of aliphatic imine (C=N–C) groups is 1. The highest BCUT2D eigenvalue weighted by atomic mass is 127. The fraction of sp³-hybridized carbons (Fsp3) is 0.632. The van der Waals surface area contributed by atoms with E-state index in [1.165, 1.54) is 18.4 Å². The molecule has 0 radical (unpaired) electrons. The predicted octanol–water partition coefficient (Wildman–Crippen LogP) is 3.49. The van der Waals surface area contributed by atoms with E-state index in [4.69, 9.17) is 9.47 Å². The van der Waals surface area contributed by atoms with Crippen molar-refractivity contribution in [3.05, 3.63) is 29.3 Å². The number of nitrogens with zero attached hydrogens (tertiary/aromatic N) is 1. The zero-order valence-corrected chi connectivity index (χ0v) is 18.0. The summed E-state index contributed by atoms with van der Waals surface area (Å²) in [4.78, 5) is 4.66. The Balaban J connectivity index is 0.00000312. The van der Waals surface area contributed by atoms with Crippen molar-refractivity contribution in [1.82, 2.24) is 10.6 Å². The van der Waals surface area contributed by atoms with Gasteiger partial charge in [-0.05, 0) is 51.2 Å². The van der Waals surface area contributed by atoms with E-state index in [1.54, 1.807) is 0 Å². The molecule has 0 aliphatic heterocycles. The highest BCUT2D eigenvalue weighted by molar-refractivity contribution is 14.0. The molecule has 1 saturated carbocycles. The normalized spacial score (nSPS) is 14.0. The lowest BCUT2D eigenvalue weighted by Crippen LogP contribution is -2.39. The Kier molecular flexibility index (Phi) is 10.9. The highest BCUT2D eigenvalue weighted by Crippen LogP contribution is 2.28. The molecular weight excluding hydrogens is 429 g/mol. The average Bonchev–Trinajstić information content (AvgIpc) is 3.38. The predicted molar refractivity (Wildman–Crippen MR) is 114 cm³/mol. The van der Waals surface area contributed by atoms with Gasteiger partial charge >= 0.3 is 0 Å². The summed E-state index contributed by atoms with van der Waals surface area (Å²) in [6, 6.07) is 6.26. The Bertz CT molecular complexity index is 533. The fourth-order valence-corrected chi connectivity index (χ4v) is 2.36. The van der Waals surface area contributed by atoms with Crippen molar-refractivity contribution in [2.45, 2.75) is 40.2 Å². The number of aryl methyl sites for hydroxylation is 1. The molecule has 1 aliphatic rings. The molecule has 1 aromatic rings. The Hall–Kier alpha value is -1.02. The Morgan fingerprint density at radius 3 is 2.72 bits per heavy atom. The minimum absolute atomic E-state index is 0. The summed E-state index contributed by atoms with van der Waals surface area (Å²) in [6.07, 6.45) is 2.66. The molecule has 1 aromatic carbocycles. The standard InChI is InChI=1S/C19H31N3O2.HI/c1-4-20-19(21-10-11-23-14-16-7-8-16)22-13-17-9-6-15(3)12-18(17)24-5-2;/h6,9,12,16H,4-5,7-8,10-11,13-14H2,1-3H3,(H2,20,21,22);1H. The largest absolute Gasteiger partial charge is 0.494 e. The number of hydrogen-bond donors (Lipinski definition) is 2. The number of hydrogen-bond acceptors (Lipinski definition) is 3. The van der Waals surface area contributed by atoms with Crippen molar-refractivity contribution in [2.75, 3.05) is 32.9 Å². The molecule has 0 spiro atoms. The van der Waals surface area contributed by atoms with Gasteiger partial charge in [-0.2, -0.15) is 0 Å². The van der Waals surface area contributed by atoms with Gasteiger partial charge in [-0.15, -0.1) is 24.0 Å². The zero-order chi connectivity index (χ0) is 17.2. The maximum absolute atomic E-state index is 5.72. The molecule has 0 bridgehead atoms. The summed E-state index contributed by atoms with van der Waals surface area (Å²) in [5.41, 5.74) is 2.30. The molecule has 0 unspecified atom stereocenters. The summed E-state index contributed by atoms with van der Waals surface area (Å²) in [5, 5.41) is 6.59. The van der Waals surface area contributed by atoms with E-state index in [9.17, 15) is 0 Å². The van der Waals surface area contributed by atoms with Gasteiger partial charge in [-0.1, -0.05) is 12.1 Å². The minimum Gasteiger partial charge on any atom is -0.494 e. The first-order valence-electron chi connectivity index (χ1n) is 9.05. The van der Waals surface area contributed by atoms with Gasteiger partial charge in [0.1, 0.15) is 5.75 Å². The lowest BCUT2D eigenvalue weighted by Gasteiger charge is -2.13. The molecule has 25 heavy (non-hydrogen) atoms. The molecule has 0 atom stereocenters. The molecule has 2 rings (SSSR count). The molecule has 0 heterocycles. The lowest BCUT2D eigenvalue weighted by atomic mass is 10.1.